The number of aliphatic imine (C=N–C) groups is 1. The summed E-state index contributed by atoms with van der Waals surface area (Å²) in [6.45, 7) is 0.213. The molecule has 4 N–H and O–H groups in total. The molecule has 1 fully saturated rings. The van der Waals surface area contributed by atoms with Crippen LogP contribution in [0.25, 0.3) is 11.3 Å². The molecule has 42 heavy (non-hydrogen) atoms. The third kappa shape index (κ3) is 5.62. The van der Waals surface area contributed by atoms with Crippen LogP contribution in [0.3, 0.4) is 0 Å². The number of allylic oxidation sites excluding steroid dienone is 1. The summed E-state index contributed by atoms with van der Waals surface area (Å²) in [7, 11) is -4.12. The molecule has 3 aromatic rings. The van der Waals surface area contributed by atoms with Gasteiger partial charge in [-0.1, -0.05) is 35.3 Å². The van der Waals surface area contributed by atoms with Gasteiger partial charge < -0.3 is 10.6 Å². The Morgan fingerprint density at radius 1 is 1.02 bits per heavy atom. The minimum atomic E-state index is -4.12. The highest BCUT2D eigenvalue weighted by Gasteiger charge is 2.46. The van der Waals surface area contributed by atoms with Gasteiger partial charge in [-0.05, 0) is 48.5 Å². The van der Waals surface area contributed by atoms with E-state index in [1.807, 2.05) is 6.07 Å². The molecular weight excluding hydrogens is 605 g/mol. The van der Waals surface area contributed by atoms with Crippen molar-refractivity contribution in [1.82, 2.24) is 25.0 Å². The summed E-state index contributed by atoms with van der Waals surface area (Å²) in [6, 6.07) is 14.5. The van der Waals surface area contributed by atoms with Gasteiger partial charge in [-0.25, -0.2) is 18.9 Å². The van der Waals surface area contributed by atoms with Crippen molar-refractivity contribution in [2.24, 2.45) is 4.99 Å². The molecule has 0 radical (unpaired) electrons. The van der Waals surface area contributed by atoms with Crippen LogP contribution in [0.5, 0.6) is 0 Å². The minimum Gasteiger partial charge on any atom is -0.347 e. The SMILES string of the molecule is O=C(Nc1ccc(Cl)c(-c2ccccn2)c1)c1cccc(S(=O)(=O)N2CCN(C3(C(=O)NO)N=CC=CN3)CC2)c1Cl. The third-order valence-electron chi connectivity index (χ3n) is 6.83. The molecule has 15 heteroatoms. The second-order valence-corrected chi connectivity index (χ2v) is 12.0. The first-order valence-corrected chi connectivity index (χ1v) is 14.9. The smallest absolute Gasteiger partial charge is 0.308 e. The number of nitrogens with one attached hydrogen (secondary N) is 3. The summed E-state index contributed by atoms with van der Waals surface area (Å²) in [5.41, 5.74) is 3.23. The number of pyridine rings is 1. The predicted octanol–water partition coefficient (Wildman–Crippen LogP) is 2.96. The standard InChI is InChI=1S/C27H25Cl2N7O5S/c28-21-9-8-18(17-20(21)22-6-1-2-10-30-22)33-25(37)19-5-3-7-23(24(19)29)42(40,41)36-15-13-35(14-16-36)27(26(38)34-39)31-11-4-12-32-27/h1-12,17,31,39H,13-16H2,(H,33,37)(H,34,38). The Morgan fingerprint density at radius 3 is 2.48 bits per heavy atom. The van der Waals surface area contributed by atoms with Crippen LogP contribution in [0.2, 0.25) is 10.0 Å². The number of rotatable bonds is 7. The molecule has 1 aromatic heterocycles. The van der Waals surface area contributed by atoms with Crippen LogP contribution in [-0.4, -0.2) is 77.8 Å². The third-order valence-corrected chi connectivity index (χ3v) is 9.62. The number of hydrogen-bond acceptors (Lipinski definition) is 9. The van der Waals surface area contributed by atoms with Crippen molar-refractivity contribution in [2.75, 3.05) is 31.5 Å². The number of hydroxylamine groups is 1. The molecule has 1 unspecified atom stereocenters. The lowest BCUT2D eigenvalue weighted by molar-refractivity contribution is -0.144. The van der Waals surface area contributed by atoms with E-state index in [1.165, 1.54) is 34.9 Å². The Balaban J connectivity index is 1.34. The molecule has 2 aliphatic rings. The van der Waals surface area contributed by atoms with Gasteiger partial charge in [0, 0.05) is 56.0 Å². The molecule has 12 nitrogen and oxygen atoms in total. The summed E-state index contributed by atoms with van der Waals surface area (Å²) in [5, 5.41) is 15.1. The number of sulfonamides is 1. The molecular formula is C27H25Cl2N7O5S. The highest BCUT2D eigenvalue weighted by molar-refractivity contribution is 7.89. The first kappa shape index (κ1) is 29.6. The second-order valence-electron chi connectivity index (χ2n) is 9.27. The maximum atomic E-state index is 13.6. The summed E-state index contributed by atoms with van der Waals surface area (Å²) in [5.74, 6) is -3.04. The molecule has 218 valence electrons. The summed E-state index contributed by atoms with van der Waals surface area (Å²) in [6.07, 6.45) is 6.13. The van der Waals surface area contributed by atoms with Crippen LogP contribution >= 0.6 is 23.2 Å². The Labute approximate surface area is 251 Å². The Hall–Kier alpha value is -3.85. The quantitative estimate of drug-likeness (QED) is 0.229. The van der Waals surface area contributed by atoms with Crippen LogP contribution in [-0.2, 0) is 14.8 Å². The fourth-order valence-corrected chi connectivity index (χ4v) is 6.94. The average molecular weight is 631 g/mol. The van der Waals surface area contributed by atoms with Crippen molar-refractivity contribution >= 4 is 56.9 Å². The normalized spacial score (nSPS) is 19.2. The molecule has 0 saturated carbocycles. The Morgan fingerprint density at radius 2 is 1.81 bits per heavy atom. The number of aromatic nitrogens is 1. The van der Waals surface area contributed by atoms with Gasteiger partial charge >= 0.3 is 5.91 Å². The fourth-order valence-electron chi connectivity index (χ4n) is 4.71. The van der Waals surface area contributed by atoms with Gasteiger partial charge in [-0.3, -0.25) is 24.7 Å². The van der Waals surface area contributed by atoms with Crippen molar-refractivity contribution in [2.45, 2.75) is 10.7 Å². The van der Waals surface area contributed by atoms with Gasteiger partial charge in [0.25, 0.3) is 11.7 Å². The average Bonchev–Trinajstić information content (AvgIpc) is 3.02. The zero-order valence-corrected chi connectivity index (χ0v) is 24.2. The number of halogens is 2. The van der Waals surface area contributed by atoms with Gasteiger partial charge in [0.15, 0.2) is 0 Å². The number of carbonyl (C=O) groups excluding carboxylic acids is 2. The van der Waals surface area contributed by atoms with Gasteiger partial charge in [-0.2, -0.15) is 4.31 Å². The van der Waals surface area contributed by atoms with Crippen molar-refractivity contribution in [1.29, 1.82) is 0 Å². The Bertz CT molecular complexity index is 1680. The minimum absolute atomic E-state index is 0.00245. The summed E-state index contributed by atoms with van der Waals surface area (Å²) in [4.78, 5) is 35.6. The van der Waals surface area contributed by atoms with E-state index in [-0.39, 0.29) is 41.7 Å². The Kier molecular flexibility index (Phi) is 8.59. The van der Waals surface area contributed by atoms with Crippen LogP contribution in [0, 0.1) is 0 Å². The molecule has 0 spiro atoms. The van der Waals surface area contributed by atoms with E-state index < -0.39 is 27.6 Å². The maximum Gasteiger partial charge on any atom is 0.308 e. The highest BCUT2D eigenvalue weighted by atomic mass is 35.5. The number of nitrogens with zero attached hydrogens (tertiary/aromatic N) is 4. The second kappa shape index (κ2) is 12.2. The lowest BCUT2D eigenvalue weighted by Gasteiger charge is -2.43. The zero-order chi connectivity index (χ0) is 29.9. The first-order valence-electron chi connectivity index (χ1n) is 12.7. The molecule has 0 bridgehead atoms. The van der Waals surface area contributed by atoms with E-state index in [1.54, 1.807) is 53.0 Å². The van der Waals surface area contributed by atoms with E-state index in [0.29, 0.717) is 22.0 Å². The topological polar surface area (TPSA) is 156 Å². The lowest BCUT2D eigenvalue weighted by atomic mass is 10.1. The largest absolute Gasteiger partial charge is 0.347 e. The van der Waals surface area contributed by atoms with E-state index in [2.05, 4.69) is 20.6 Å². The number of piperazine rings is 1. The van der Waals surface area contributed by atoms with Crippen molar-refractivity contribution in [3.8, 4) is 11.3 Å². The van der Waals surface area contributed by atoms with Gasteiger partial charge in [0.1, 0.15) is 4.90 Å². The number of carbonyl (C=O) groups is 2. The molecule has 3 heterocycles. The van der Waals surface area contributed by atoms with Crippen LogP contribution in [0.15, 0.2) is 83.0 Å². The number of benzene rings is 2. The maximum absolute atomic E-state index is 13.6. The first-order chi connectivity index (χ1) is 20.2. The van der Waals surface area contributed by atoms with Crippen LogP contribution < -0.4 is 16.1 Å². The molecule has 2 aliphatic heterocycles. The van der Waals surface area contributed by atoms with E-state index >= 15 is 0 Å². The molecule has 1 saturated heterocycles. The van der Waals surface area contributed by atoms with Crippen LogP contribution in [0.4, 0.5) is 5.69 Å². The lowest BCUT2D eigenvalue weighted by Crippen LogP contribution is -2.68. The monoisotopic (exact) mass is 629 g/mol. The van der Waals surface area contributed by atoms with Gasteiger partial charge in [-0.15, -0.1) is 0 Å². The van der Waals surface area contributed by atoms with Gasteiger partial charge in [0.05, 0.1) is 21.3 Å². The zero-order valence-electron chi connectivity index (χ0n) is 21.9. The predicted molar refractivity (Wildman–Crippen MR) is 158 cm³/mol. The number of anilines is 1. The highest BCUT2D eigenvalue weighted by Crippen LogP contribution is 2.32. The van der Waals surface area contributed by atoms with E-state index in [4.69, 9.17) is 23.2 Å². The summed E-state index contributed by atoms with van der Waals surface area (Å²) >= 11 is 12.9. The summed E-state index contributed by atoms with van der Waals surface area (Å²) < 4.78 is 28.5. The van der Waals surface area contributed by atoms with Crippen LogP contribution in [0.1, 0.15) is 10.4 Å². The van der Waals surface area contributed by atoms with Crippen molar-refractivity contribution in [3.05, 3.63) is 88.7 Å². The molecule has 5 rings (SSSR count). The van der Waals surface area contributed by atoms with Crippen molar-refractivity contribution < 1.29 is 23.2 Å². The molecule has 1 atom stereocenters. The van der Waals surface area contributed by atoms with E-state index in [9.17, 15) is 23.2 Å². The van der Waals surface area contributed by atoms with Crippen molar-refractivity contribution in [3.63, 3.8) is 0 Å². The molecule has 2 aromatic carbocycles. The fraction of sp³-hybridized carbons (Fsp3) is 0.185. The molecule has 0 aliphatic carbocycles. The number of amides is 2. The number of hydrogen-bond donors (Lipinski definition) is 4. The molecule has 2 amide bonds. The van der Waals surface area contributed by atoms with E-state index in [0.717, 1.165) is 0 Å². The van der Waals surface area contributed by atoms with Gasteiger partial charge in [0.2, 0.25) is 10.0 Å².